The summed E-state index contributed by atoms with van der Waals surface area (Å²) in [6.45, 7) is 0. The van der Waals surface area contributed by atoms with Crippen molar-refractivity contribution in [1.82, 2.24) is 9.78 Å². The van der Waals surface area contributed by atoms with E-state index in [1.54, 1.807) is 0 Å². The van der Waals surface area contributed by atoms with E-state index in [0.29, 0.717) is 0 Å². The van der Waals surface area contributed by atoms with Gasteiger partial charge in [-0.2, -0.15) is 5.10 Å². The van der Waals surface area contributed by atoms with Crippen molar-refractivity contribution in [3.8, 4) is 0 Å². The molecule has 0 unspecified atom stereocenters. The van der Waals surface area contributed by atoms with E-state index in [1.807, 2.05) is 0 Å². The zero-order valence-corrected chi connectivity index (χ0v) is 8.38. The summed E-state index contributed by atoms with van der Waals surface area (Å²) in [5, 5.41) is 3.75. The molecule has 0 fully saturated rings. The summed E-state index contributed by atoms with van der Waals surface area (Å²) in [6, 6.07) is 1.11. The third-order valence-corrected chi connectivity index (χ3v) is 2.06. The number of carbonyl (C=O) groups is 1. The molecule has 6 heteroatoms. The molecule has 1 aromatic heterocycles. The number of aryl methyl sites for hydroxylation is 1. The van der Waals surface area contributed by atoms with E-state index in [2.05, 4.69) is 21.0 Å². The highest BCUT2D eigenvalue weighted by Crippen LogP contribution is 2.19. The molecule has 0 bridgehead atoms. The lowest BCUT2D eigenvalue weighted by molar-refractivity contribution is 0.101. The van der Waals surface area contributed by atoms with Crippen molar-refractivity contribution in [3.05, 3.63) is 17.5 Å². The number of nitrogens with zero attached hydrogens (tertiary/aromatic N) is 2. The van der Waals surface area contributed by atoms with Crippen LogP contribution in [0.25, 0.3) is 0 Å². The summed E-state index contributed by atoms with van der Waals surface area (Å²) in [6.07, 6.45) is -2.60. The lowest BCUT2D eigenvalue weighted by Gasteiger charge is -1.96. The van der Waals surface area contributed by atoms with Crippen molar-refractivity contribution in [2.24, 2.45) is 7.05 Å². The molecular weight excluding hydrogens is 246 g/mol. The van der Waals surface area contributed by atoms with Crippen molar-refractivity contribution >= 4 is 21.7 Å². The van der Waals surface area contributed by atoms with Crippen LogP contribution < -0.4 is 0 Å². The lowest BCUT2D eigenvalue weighted by atomic mass is 10.3. The Morgan fingerprint density at radius 2 is 2.38 bits per heavy atom. The van der Waals surface area contributed by atoms with Gasteiger partial charge in [-0.25, -0.2) is 8.78 Å². The number of aromatic nitrogens is 2. The number of alkyl halides is 3. The Morgan fingerprint density at radius 3 is 2.77 bits per heavy atom. The summed E-state index contributed by atoms with van der Waals surface area (Å²) in [5.41, 5.74) is -0.182. The quantitative estimate of drug-likeness (QED) is 0.609. The first-order chi connectivity index (χ1) is 6.06. The summed E-state index contributed by atoms with van der Waals surface area (Å²) in [4.78, 5) is 11.0. The summed E-state index contributed by atoms with van der Waals surface area (Å²) < 4.78 is 25.5. The molecule has 0 saturated carbocycles. The average Bonchev–Trinajstić information content (AvgIpc) is 2.46. The van der Waals surface area contributed by atoms with E-state index in [-0.39, 0.29) is 22.5 Å². The van der Waals surface area contributed by atoms with Crippen molar-refractivity contribution < 1.29 is 13.6 Å². The van der Waals surface area contributed by atoms with Crippen LogP contribution in [-0.2, 0) is 7.05 Å². The van der Waals surface area contributed by atoms with E-state index in [4.69, 9.17) is 0 Å². The molecule has 1 aromatic rings. The van der Waals surface area contributed by atoms with Crippen LogP contribution in [0.2, 0.25) is 0 Å². The number of ketones is 1. The first kappa shape index (κ1) is 10.3. The van der Waals surface area contributed by atoms with Gasteiger partial charge < -0.3 is 0 Å². The smallest absolute Gasteiger partial charge is 0.280 e. The summed E-state index contributed by atoms with van der Waals surface area (Å²) in [7, 11) is 1.38. The number of Topliss-reactive ketones (excluding diaryl/α,β-unsaturated/α-hetero) is 1. The first-order valence-electron chi connectivity index (χ1n) is 3.47. The number of halogens is 3. The molecule has 0 spiro atoms. The molecule has 0 atom stereocenters. The maximum absolute atomic E-state index is 12.2. The molecule has 1 rings (SSSR count). The van der Waals surface area contributed by atoms with Gasteiger partial charge in [-0.15, -0.1) is 0 Å². The lowest BCUT2D eigenvalue weighted by Crippen LogP contribution is -2.02. The van der Waals surface area contributed by atoms with Gasteiger partial charge >= 0.3 is 0 Å². The van der Waals surface area contributed by atoms with Gasteiger partial charge in [-0.3, -0.25) is 9.48 Å². The van der Waals surface area contributed by atoms with Crippen LogP contribution in [0.3, 0.4) is 0 Å². The highest BCUT2D eigenvalue weighted by molar-refractivity contribution is 9.09. The van der Waals surface area contributed by atoms with Gasteiger partial charge in [-0.1, -0.05) is 15.9 Å². The van der Waals surface area contributed by atoms with Gasteiger partial charge in [0.1, 0.15) is 11.4 Å². The van der Waals surface area contributed by atoms with Crippen LogP contribution in [-0.4, -0.2) is 20.9 Å². The van der Waals surface area contributed by atoms with Crippen LogP contribution in [0, 0.1) is 0 Å². The molecular formula is C7H7BrF2N2O. The molecule has 3 nitrogen and oxygen atoms in total. The molecule has 0 radical (unpaired) electrons. The van der Waals surface area contributed by atoms with E-state index in [9.17, 15) is 13.6 Å². The van der Waals surface area contributed by atoms with Gasteiger partial charge in [0.25, 0.3) is 6.43 Å². The molecule has 0 saturated heterocycles. The van der Waals surface area contributed by atoms with E-state index in [0.717, 1.165) is 10.7 Å². The molecule has 0 amide bonds. The predicted octanol–water partition coefficient (Wildman–Crippen LogP) is 1.94. The second kappa shape index (κ2) is 3.95. The highest BCUT2D eigenvalue weighted by atomic mass is 79.9. The largest absolute Gasteiger partial charge is 0.291 e. The standard InChI is InChI=1S/C7H7BrF2N2O/c1-12-5(7(9)10)2-4(11-12)6(13)3-8/h2,7H,3H2,1H3. The Bertz CT molecular complexity index is 324. The fourth-order valence-corrected chi connectivity index (χ4v) is 1.18. The van der Waals surface area contributed by atoms with Crippen molar-refractivity contribution in [3.63, 3.8) is 0 Å². The van der Waals surface area contributed by atoms with Crippen LogP contribution >= 0.6 is 15.9 Å². The van der Waals surface area contributed by atoms with Crippen LogP contribution in [0.4, 0.5) is 8.78 Å². The van der Waals surface area contributed by atoms with Crippen molar-refractivity contribution in [1.29, 1.82) is 0 Å². The van der Waals surface area contributed by atoms with Gasteiger partial charge in [0.15, 0.2) is 5.78 Å². The maximum Gasteiger partial charge on any atom is 0.280 e. The number of rotatable bonds is 3. The van der Waals surface area contributed by atoms with E-state index < -0.39 is 6.43 Å². The molecule has 72 valence electrons. The van der Waals surface area contributed by atoms with Gasteiger partial charge in [-0.05, 0) is 6.07 Å². The summed E-state index contributed by atoms with van der Waals surface area (Å²) in [5.74, 6) is -0.303. The molecule has 0 N–H and O–H groups in total. The van der Waals surface area contributed by atoms with Crippen LogP contribution in [0.15, 0.2) is 6.07 Å². The third-order valence-electron chi connectivity index (χ3n) is 1.55. The zero-order chi connectivity index (χ0) is 10.0. The second-order valence-corrected chi connectivity index (χ2v) is 3.00. The Labute approximate surface area is 81.9 Å². The Morgan fingerprint density at radius 1 is 1.77 bits per heavy atom. The second-order valence-electron chi connectivity index (χ2n) is 2.44. The third kappa shape index (κ3) is 2.12. The first-order valence-corrected chi connectivity index (χ1v) is 4.59. The van der Waals surface area contributed by atoms with Crippen molar-refractivity contribution in [2.75, 3.05) is 5.33 Å². The Kier molecular flexibility index (Phi) is 3.13. The predicted molar refractivity (Wildman–Crippen MR) is 46.3 cm³/mol. The fraction of sp³-hybridized carbons (Fsp3) is 0.429. The van der Waals surface area contributed by atoms with Gasteiger partial charge in [0.05, 0.1) is 5.33 Å². The normalized spacial score (nSPS) is 10.8. The molecule has 0 aliphatic rings. The monoisotopic (exact) mass is 252 g/mol. The van der Waals surface area contributed by atoms with Crippen LogP contribution in [0.5, 0.6) is 0 Å². The van der Waals surface area contributed by atoms with Gasteiger partial charge in [0.2, 0.25) is 0 Å². The van der Waals surface area contributed by atoms with Crippen LogP contribution in [0.1, 0.15) is 22.6 Å². The topological polar surface area (TPSA) is 34.9 Å². The number of carbonyl (C=O) groups excluding carboxylic acids is 1. The van der Waals surface area contributed by atoms with Gasteiger partial charge in [0, 0.05) is 7.05 Å². The van der Waals surface area contributed by atoms with E-state index in [1.165, 1.54) is 7.05 Å². The minimum absolute atomic E-state index is 0.0645. The molecule has 1 heterocycles. The molecule has 0 aromatic carbocycles. The minimum atomic E-state index is -2.60. The molecule has 0 aliphatic heterocycles. The Balaban J connectivity index is 3.02. The number of hydrogen-bond donors (Lipinski definition) is 0. The zero-order valence-electron chi connectivity index (χ0n) is 6.80. The van der Waals surface area contributed by atoms with Crippen molar-refractivity contribution in [2.45, 2.75) is 6.43 Å². The highest BCUT2D eigenvalue weighted by Gasteiger charge is 2.17. The van der Waals surface area contributed by atoms with E-state index >= 15 is 0 Å². The molecule has 13 heavy (non-hydrogen) atoms. The maximum atomic E-state index is 12.2. The summed E-state index contributed by atoms with van der Waals surface area (Å²) >= 11 is 2.94. The molecule has 0 aliphatic carbocycles. The SMILES string of the molecule is Cn1nc(C(=O)CBr)cc1C(F)F. The Hall–Kier alpha value is -0.780. The number of hydrogen-bond acceptors (Lipinski definition) is 2. The minimum Gasteiger partial charge on any atom is -0.291 e. The fourth-order valence-electron chi connectivity index (χ4n) is 0.891. The average molecular weight is 253 g/mol.